The van der Waals surface area contributed by atoms with E-state index in [-0.39, 0.29) is 30.0 Å². The van der Waals surface area contributed by atoms with Crippen LogP contribution in [0.5, 0.6) is 0 Å². The first-order chi connectivity index (χ1) is 13.4. The highest BCUT2D eigenvalue weighted by Crippen LogP contribution is 2.14. The Hall–Kier alpha value is -2.23. The Balaban J connectivity index is 0.00000420. The maximum Gasteiger partial charge on any atom is 0.408 e. The van der Waals surface area contributed by atoms with E-state index in [9.17, 15) is 4.79 Å². The number of halogens is 1. The zero-order valence-electron chi connectivity index (χ0n) is 17.5. The monoisotopic (exact) mass is 513 g/mol. The molecule has 0 saturated carbocycles. The summed E-state index contributed by atoms with van der Waals surface area (Å²) in [6, 6.07) is 13.5. The first-order valence-electron chi connectivity index (χ1n) is 9.47. The van der Waals surface area contributed by atoms with Gasteiger partial charge in [-0.05, 0) is 38.5 Å². The van der Waals surface area contributed by atoms with Gasteiger partial charge in [-0.15, -0.1) is 24.0 Å². The summed E-state index contributed by atoms with van der Waals surface area (Å²) in [5.74, 6) is 0.680. The molecule has 160 valence electrons. The van der Waals surface area contributed by atoms with E-state index in [1.165, 1.54) is 0 Å². The van der Waals surface area contributed by atoms with Crippen molar-refractivity contribution in [3.05, 3.63) is 60.4 Å². The lowest BCUT2D eigenvalue weighted by atomic mass is 10.1. The Bertz CT molecular complexity index is 742. The van der Waals surface area contributed by atoms with Crippen molar-refractivity contribution in [1.82, 2.24) is 20.5 Å². The van der Waals surface area contributed by atoms with E-state index < -0.39 is 11.7 Å². The SMILES string of the molecule is CN=C(NCCn1cccc1)NCC(NC(=O)OC(C)(C)C)c1ccccc1.I. The molecule has 0 aliphatic heterocycles. The number of aromatic nitrogens is 1. The molecule has 0 spiro atoms. The minimum Gasteiger partial charge on any atom is -0.444 e. The Labute approximate surface area is 190 Å². The minimum atomic E-state index is -0.547. The summed E-state index contributed by atoms with van der Waals surface area (Å²) in [6.45, 7) is 7.60. The lowest BCUT2D eigenvalue weighted by molar-refractivity contribution is 0.0504. The van der Waals surface area contributed by atoms with Crippen LogP contribution in [-0.2, 0) is 11.3 Å². The molecule has 0 aliphatic rings. The minimum absolute atomic E-state index is 0. The molecule has 1 amide bonds. The lowest BCUT2D eigenvalue weighted by Gasteiger charge is -2.25. The van der Waals surface area contributed by atoms with Crippen molar-refractivity contribution < 1.29 is 9.53 Å². The number of aliphatic imine (C=N–C) groups is 1. The van der Waals surface area contributed by atoms with E-state index in [4.69, 9.17) is 4.74 Å². The van der Waals surface area contributed by atoms with E-state index in [2.05, 4.69) is 25.5 Å². The van der Waals surface area contributed by atoms with Crippen LogP contribution in [0.3, 0.4) is 0 Å². The van der Waals surface area contributed by atoms with Gasteiger partial charge in [-0.1, -0.05) is 30.3 Å². The quantitative estimate of drug-likeness (QED) is 0.301. The molecule has 0 radical (unpaired) electrons. The standard InChI is InChI=1S/C21H31N5O2.HI/c1-21(2,3)28-20(27)25-18(17-10-6-5-7-11-17)16-24-19(22-4)23-12-15-26-13-8-9-14-26;/h5-11,13-14,18H,12,15-16H2,1-4H3,(H,25,27)(H2,22,23,24);1H. The van der Waals surface area contributed by atoms with Gasteiger partial charge in [0.15, 0.2) is 5.96 Å². The zero-order chi connectivity index (χ0) is 20.4. The van der Waals surface area contributed by atoms with E-state index in [1.54, 1.807) is 7.05 Å². The van der Waals surface area contributed by atoms with Crippen molar-refractivity contribution in [1.29, 1.82) is 0 Å². The van der Waals surface area contributed by atoms with Crippen LogP contribution in [-0.4, -0.2) is 42.4 Å². The summed E-state index contributed by atoms with van der Waals surface area (Å²) in [5.41, 5.74) is 0.443. The second-order valence-corrected chi connectivity index (χ2v) is 7.41. The van der Waals surface area contributed by atoms with Crippen LogP contribution in [0.25, 0.3) is 0 Å². The average Bonchev–Trinajstić information content (AvgIpc) is 3.16. The van der Waals surface area contributed by atoms with E-state index >= 15 is 0 Å². The van der Waals surface area contributed by atoms with Crippen LogP contribution in [0.2, 0.25) is 0 Å². The van der Waals surface area contributed by atoms with Crippen molar-refractivity contribution >= 4 is 36.0 Å². The van der Waals surface area contributed by atoms with Gasteiger partial charge < -0.3 is 25.3 Å². The number of benzene rings is 1. The smallest absolute Gasteiger partial charge is 0.408 e. The maximum atomic E-state index is 12.3. The molecule has 0 saturated heterocycles. The molecule has 7 nitrogen and oxygen atoms in total. The predicted molar refractivity (Wildman–Crippen MR) is 128 cm³/mol. The summed E-state index contributed by atoms with van der Waals surface area (Å²) in [4.78, 5) is 16.5. The fraction of sp³-hybridized carbons (Fsp3) is 0.429. The van der Waals surface area contributed by atoms with E-state index in [0.717, 1.165) is 18.7 Å². The molecule has 1 aromatic heterocycles. The van der Waals surface area contributed by atoms with Crippen molar-refractivity contribution in [3.63, 3.8) is 0 Å². The third-order valence-corrected chi connectivity index (χ3v) is 3.92. The van der Waals surface area contributed by atoms with Crippen LogP contribution in [0.15, 0.2) is 59.9 Å². The van der Waals surface area contributed by atoms with Crippen molar-refractivity contribution in [2.45, 2.75) is 39.0 Å². The topological polar surface area (TPSA) is 79.7 Å². The molecule has 0 aliphatic carbocycles. The molecule has 0 fully saturated rings. The van der Waals surface area contributed by atoms with Gasteiger partial charge in [0, 0.05) is 39.1 Å². The van der Waals surface area contributed by atoms with Crippen LogP contribution in [0, 0.1) is 0 Å². The largest absolute Gasteiger partial charge is 0.444 e. The molecule has 1 aromatic carbocycles. The number of ether oxygens (including phenoxy) is 1. The third-order valence-electron chi connectivity index (χ3n) is 3.92. The molecular weight excluding hydrogens is 481 g/mol. The molecule has 1 heterocycles. The van der Waals surface area contributed by atoms with Crippen LogP contribution in [0.1, 0.15) is 32.4 Å². The number of amides is 1. The summed E-state index contributed by atoms with van der Waals surface area (Å²) in [6.07, 6.45) is 3.60. The number of nitrogens with zero attached hydrogens (tertiary/aromatic N) is 2. The second kappa shape index (κ2) is 12.4. The molecular formula is C21H32IN5O2. The number of hydrogen-bond acceptors (Lipinski definition) is 3. The molecule has 1 unspecified atom stereocenters. The Morgan fingerprint density at radius 1 is 1.10 bits per heavy atom. The summed E-state index contributed by atoms with van der Waals surface area (Å²) >= 11 is 0. The highest BCUT2D eigenvalue weighted by Gasteiger charge is 2.20. The van der Waals surface area contributed by atoms with Gasteiger partial charge in [0.05, 0.1) is 6.04 Å². The first kappa shape index (κ1) is 24.8. The van der Waals surface area contributed by atoms with Crippen molar-refractivity contribution in [2.75, 3.05) is 20.1 Å². The molecule has 8 heteroatoms. The molecule has 1 atom stereocenters. The van der Waals surface area contributed by atoms with Gasteiger partial charge in [-0.25, -0.2) is 4.79 Å². The van der Waals surface area contributed by atoms with Crippen LogP contribution >= 0.6 is 24.0 Å². The van der Waals surface area contributed by atoms with Crippen molar-refractivity contribution in [2.24, 2.45) is 4.99 Å². The normalized spacial score (nSPS) is 12.5. The third kappa shape index (κ3) is 9.69. The molecule has 0 bridgehead atoms. The number of nitrogens with one attached hydrogen (secondary N) is 3. The fourth-order valence-electron chi connectivity index (χ4n) is 2.63. The number of alkyl carbamates (subject to hydrolysis) is 1. The van der Waals surface area contributed by atoms with Gasteiger partial charge in [-0.3, -0.25) is 4.99 Å². The van der Waals surface area contributed by atoms with Gasteiger partial charge in [0.2, 0.25) is 0 Å². The van der Waals surface area contributed by atoms with Crippen LogP contribution < -0.4 is 16.0 Å². The second-order valence-electron chi connectivity index (χ2n) is 7.41. The first-order valence-corrected chi connectivity index (χ1v) is 9.47. The molecule has 2 rings (SSSR count). The summed E-state index contributed by atoms with van der Waals surface area (Å²) in [7, 11) is 1.73. The number of carbonyl (C=O) groups is 1. The summed E-state index contributed by atoms with van der Waals surface area (Å²) in [5, 5.41) is 9.49. The highest BCUT2D eigenvalue weighted by molar-refractivity contribution is 14.0. The number of carbonyl (C=O) groups excluding carboxylic acids is 1. The molecule has 29 heavy (non-hydrogen) atoms. The van der Waals surface area contributed by atoms with Crippen LogP contribution in [0.4, 0.5) is 4.79 Å². The number of guanidine groups is 1. The Morgan fingerprint density at radius 2 is 1.76 bits per heavy atom. The van der Waals surface area contributed by atoms with Gasteiger partial charge in [0.1, 0.15) is 5.60 Å². The average molecular weight is 513 g/mol. The summed E-state index contributed by atoms with van der Waals surface area (Å²) < 4.78 is 7.50. The number of hydrogen-bond donors (Lipinski definition) is 3. The highest BCUT2D eigenvalue weighted by atomic mass is 127. The lowest BCUT2D eigenvalue weighted by Crippen LogP contribution is -2.44. The Morgan fingerprint density at radius 3 is 2.34 bits per heavy atom. The van der Waals surface area contributed by atoms with Gasteiger partial charge in [-0.2, -0.15) is 0 Å². The van der Waals surface area contributed by atoms with E-state index in [1.807, 2.05) is 75.6 Å². The molecule has 2 aromatic rings. The van der Waals surface area contributed by atoms with Gasteiger partial charge in [0.25, 0.3) is 0 Å². The van der Waals surface area contributed by atoms with E-state index in [0.29, 0.717) is 12.5 Å². The van der Waals surface area contributed by atoms with Gasteiger partial charge >= 0.3 is 6.09 Å². The fourth-order valence-corrected chi connectivity index (χ4v) is 2.63. The zero-order valence-corrected chi connectivity index (χ0v) is 19.8. The Kier molecular flexibility index (Phi) is 10.6. The van der Waals surface area contributed by atoms with Crippen molar-refractivity contribution in [3.8, 4) is 0 Å². The number of rotatable bonds is 7. The predicted octanol–water partition coefficient (Wildman–Crippen LogP) is 3.54. The molecule has 3 N–H and O–H groups in total. The maximum absolute atomic E-state index is 12.3.